The molecule has 1 rings (SSSR count). The number of amides is 2. The summed E-state index contributed by atoms with van der Waals surface area (Å²) in [5.74, 6) is -0.829. The van der Waals surface area contributed by atoms with E-state index >= 15 is 0 Å². The lowest BCUT2D eigenvalue weighted by Gasteiger charge is -2.21. The fourth-order valence-corrected chi connectivity index (χ4v) is 1.99. The molecule has 0 radical (unpaired) electrons. The van der Waals surface area contributed by atoms with E-state index in [0.717, 1.165) is 12.8 Å². The molecule has 0 saturated carbocycles. The number of aromatic nitrogens is 2. The summed E-state index contributed by atoms with van der Waals surface area (Å²) in [5, 5.41) is 4.22. The molecule has 7 nitrogen and oxygen atoms in total. The molecule has 0 aliphatic heterocycles. The van der Waals surface area contributed by atoms with Crippen molar-refractivity contribution in [3.8, 4) is 0 Å². The second-order valence-corrected chi connectivity index (χ2v) is 4.71. The first kappa shape index (κ1) is 16.0. The molecule has 0 aliphatic carbocycles. The normalized spacial score (nSPS) is 10.6. The molecule has 0 aliphatic rings. The van der Waals surface area contributed by atoms with Gasteiger partial charge in [-0.3, -0.25) is 14.3 Å². The Kier molecular flexibility index (Phi) is 5.54. The molecule has 2 amide bonds. The van der Waals surface area contributed by atoms with E-state index in [0.29, 0.717) is 30.2 Å². The zero-order valence-electron chi connectivity index (χ0n) is 12.3. The minimum absolute atomic E-state index is 0.105. The Hall–Kier alpha value is -2.05. The molecule has 4 N–H and O–H groups in total. The van der Waals surface area contributed by atoms with Crippen molar-refractivity contribution < 1.29 is 9.59 Å². The first-order valence-corrected chi connectivity index (χ1v) is 6.82. The lowest BCUT2D eigenvalue weighted by atomic mass is 10.2. The minimum atomic E-state index is -0.535. The van der Waals surface area contributed by atoms with Gasteiger partial charge in [0.05, 0.1) is 17.9 Å². The summed E-state index contributed by atoms with van der Waals surface area (Å²) in [6.07, 6.45) is 1.72. The number of carbonyl (C=O) groups is 2. The maximum absolute atomic E-state index is 12.6. The summed E-state index contributed by atoms with van der Waals surface area (Å²) in [7, 11) is 0. The number of rotatable bonds is 7. The predicted molar refractivity (Wildman–Crippen MR) is 77.1 cm³/mol. The monoisotopic (exact) mass is 281 g/mol. The average molecular weight is 281 g/mol. The Morgan fingerprint density at radius 1 is 1.35 bits per heavy atom. The van der Waals surface area contributed by atoms with Gasteiger partial charge in [0.25, 0.3) is 5.91 Å². The van der Waals surface area contributed by atoms with Gasteiger partial charge in [0.2, 0.25) is 5.91 Å². The quantitative estimate of drug-likeness (QED) is 0.759. The Balaban J connectivity index is 3.07. The fraction of sp³-hybridized carbons (Fsp3) is 0.615. The highest BCUT2D eigenvalue weighted by Crippen LogP contribution is 2.18. The van der Waals surface area contributed by atoms with Crippen molar-refractivity contribution in [1.82, 2.24) is 14.7 Å². The molecule has 112 valence electrons. The first-order valence-electron chi connectivity index (χ1n) is 6.82. The molecule has 0 saturated heterocycles. The van der Waals surface area contributed by atoms with Crippen LogP contribution >= 0.6 is 0 Å². The number of primary amides is 1. The van der Waals surface area contributed by atoms with E-state index < -0.39 is 5.91 Å². The molecule has 1 aromatic heterocycles. The summed E-state index contributed by atoms with van der Waals surface area (Å²) >= 11 is 0. The van der Waals surface area contributed by atoms with Crippen LogP contribution in [0.5, 0.6) is 0 Å². The van der Waals surface area contributed by atoms with Crippen LogP contribution in [0, 0.1) is 6.92 Å². The Bertz CT molecular complexity index is 495. The highest BCUT2D eigenvalue weighted by atomic mass is 16.2. The Morgan fingerprint density at radius 3 is 2.50 bits per heavy atom. The lowest BCUT2D eigenvalue weighted by molar-refractivity contribution is -0.118. The van der Waals surface area contributed by atoms with Crippen LogP contribution in [-0.4, -0.2) is 39.6 Å². The fourth-order valence-electron chi connectivity index (χ4n) is 1.99. The molecular weight excluding hydrogens is 258 g/mol. The maximum atomic E-state index is 12.6. The van der Waals surface area contributed by atoms with Crippen LogP contribution in [0.3, 0.4) is 0 Å². The van der Waals surface area contributed by atoms with Crippen LogP contribution in [0.25, 0.3) is 0 Å². The van der Waals surface area contributed by atoms with Crippen molar-refractivity contribution in [1.29, 1.82) is 0 Å². The molecule has 0 bridgehead atoms. The van der Waals surface area contributed by atoms with Crippen molar-refractivity contribution in [3.05, 3.63) is 11.4 Å². The van der Waals surface area contributed by atoms with Crippen LogP contribution in [0.15, 0.2) is 0 Å². The largest absolute Gasteiger partial charge is 0.395 e. The van der Waals surface area contributed by atoms with E-state index in [9.17, 15) is 9.59 Å². The summed E-state index contributed by atoms with van der Waals surface area (Å²) in [6, 6.07) is 0. The number of nitrogen functional groups attached to an aromatic ring is 1. The van der Waals surface area contributed by atoms with E-state index in [1.54, 1.807) is 11.6 Å². The van der Waals surface area contributed by atoms with E-state index in [1.165, 1.54) is 4.90 Å². The molecule has 0 atom stereocenters. The van der Waals surface area contributed by atoms with Crippen molar-refractivity contribution in [3.63, 3.8) is 0 Å². The van der Waals surface area contributed by atoms with Crippen LogP contribution < -0.4 is 11.5 Å². The first-order chi connectivity index (χ1) is 9.42. The smallest absolute Gasteiger partial charge is 0.274 e. The van der Waals surface area contributed by atoms with Gasteiger partial charge in [0, 0.05) is 13.1 Å². The number of anilines is 1. The maximum Gasteiger partial charge on any atom is 0.274 e. The molecule has 0 aromatic carbocycles. The molecule has 20 heavy (non-hydrogen) atoms. The third-order valence-electron chi connectivity index (χ3n) is 3.09. The minimum Gasteiger partial charge on any atom is -0.395 e. The topological polar surface area (TPSA) is 107 Å². The van der Waals surface area contributed by atoms with Gasteiger partial charge in [-0.2, -0.15) is 5.10 Å². The summed E-state index contributed by atoms with van der Waals surface area (Å²) in [4.78, 5) is 25.1. The van der Waals surface area contributed by atoms with Crippen LogP contribution in [0.4, 0.5) is 5.69 Å². The SMILES string of the molecule is CCCCN(CC(N)=O)C(=O)c1c(N)c(C)nn1CC. The van der Waals surface area contributed by atoms with E-state index in [1.807, 2.05) is 13.8 Å². The second-order valence-electron chi connectivity index (χ2n) is 4.71. The Labute approximate surface area is 118 Å². The standard InChI is InChI=1S/C13H23N5O2/c1-4-6-7-17(8-10(14)19)13(20)12-11(15)9(3)16-18(12)5-2/h4-8,15H2,1-3H3,(H2,14,19). The Morgan fingerprint density at radius 2 is 2.00 bits per heavy atom. The van der Waals surface area contributed by atoms with E-state index in [-0.39, 0.29) is 12.5 Å². The molecule has 0 unspecified atom stereocenters. The zero-order chi connectivity index (χ0) is 15.3. The van der Waals surface area contributed by atoms with E-state index in [4.69, 9.17) is 11.5 Å². The third kappa shape index (κ3) is 3.49. The predicted octanol–water partition coefficient (Wildman–Crippen LogP) is 0.521. The van der Waals surface area contributed by atoms with Gasteiger partial charge in [0.15, 0.2) is 0 Å². The van der Waals surface area contributed by atoms with Crippen molar-refractivity contribution in [2.75, 3.05) is 18.8 Å². The van der Waals surface area contributed by atoms with Crippen LogP contribution in [0.2, 0.25) is 0 Å². The number of carbonyl (C=O) groups excluding carboxylic acids is 2. The zero-order valence-corrected chi connectivity index (χ0v) is 12.3. The lowest BCUT2D eigenvalue weighted by Crippen LogP contribution is -2.40. The molecule has 1 heterocycles. The number of nitrogens with two attached hydrogens (primary N) is 2. The summed E-state index contributed by atoms with van der Waals surface area (Å²) in [6.45, 7) is 6.56. The van der Waals surface area contributed by atoms with Crippen molar-refractivity contribution >= 4 is 17.5 Å². The number of nitrogens with zero attached hydrogens (tertiary/aromatic N) is 3. The van der Waals surface area contributed by atoms with Gasteiger partial charge >= 0.3 is 0 Å². The van der Waals surface area contributed by atoms with Gasteiger partial charge < -0.3 is 16.4 Å². The van der Waals surface area contributed by atoms with Gasteiger partial charge in [-0.25, -0.2) is 0 Å². The number of unbranched alkanes of at least 4 members (excludes halogenated alkanes) is 1. The molecule has 1 aromatic rings. The molecule has 7 heteroatoms. The summed E-state index contributed by atoms with van der Waals surface area (Å²) < 4.78 is 1.56. The average Bonchev–Trinajstić information content (AvgIpc) is 2.69. The van der Waals surface area contributed by atoms with Gasteiger partial charge in [-0.1, -0.05) is 13.3 Å². The number of hydrogen-bond donors (Lipinski definition) is 2. The molecule has 0 fully saturated rings. The van der Waals surface area contributed by atoms with Crippen molar-refractivity contribution in [2.45, 2.75) is 40.2 Å². The highest BCUT2D eigenvalue weighted by Gasteiger charge is 2.25. The summed E-state index contributed by atoms with van der Waals surface area (Å²) in [5.41, 5.74) is 12.5. The van der Waals surface area contributed by atoms with Gasteiger partial charge in [-0.05, 0) is 20.3 Å². The molecular formula is C13H23N5O2. The number of hydrogen-bond acceptors (Lipinski definition) is 4. The second kappa shape index (κ2) is 6.93. The van der Waals surface area contributed by atoms with Gasteiger partial charge in [0.1, 0.15) is 5.69 Å². The number of aryl methyl sites for hydroxylation is 2. The van der Waals surface area contributed by atoms with Crippen molar-refractivity contribution in [2.24, 2.45) is 5.73 Å². The van der Waals surface area contributed by atoms with E-state index in [2.05, 4.69) is 5.10 Å². The van der Waals surface area contributed by atoms with Crippen LogP contribution in [-0.2, 0) is 11.3 Å². The van der Waals surface area contributed by atoms with Gasteiger partial charge in [-0.15, -0.1) is 0 Å². The molecule has 0 spiro atoms. The third-order valence-corrected chi connectivity index (χ3v) is 3.09. The van der Waals surface area contributed by atoms with Crippen LogP contribution in [0.1, 0.15) is 42.9 Å². The highest BCUT2D eigenvalue weighted by molar-refractivity contribution is 5.99.